The van der Waals surface area contributed by atoms with Crippen molar-refractivity contribution in [2.75, 3.05) is 11.5 Å². The van der Waals surface area contributed by atoms with E-state index in [1.54, 1.807) is 0 Å². The van der Waals surface area contributed by atoms with E-state index in [2.05, 4.69) is 0 Å². The molecule has 0 amide bonds. The smallest absolute Gasteiger partial charge is 0.372 e. The molecule has 0 aromatic carbocycles. The average molecular weight is 174 g/mol. The van der Waals surface area contributed by atoms with Gasteiger partial charge in [-0.05, 0) is 0 Å². The molecule has 0 aromatic heterocycles. The van der Waals surface area contributed by atoms with Gasteiger partial charge in [-0.3, -0.25) is 9.59 Å². The third-order valence-corrected chi connectivity index (χ3v) is 2.50. The standard InChI is InChI=1S/C6H6O4S/c7-4-2-11-1-3(4)5(8)6(9)10/h3H,1-2H2,(H,9,10). The molecule has 60 valence electrons. The van der Waals surface area contributed by atoms with Crippen LogP contribution in [0.4, 0.5) is 0 Å². The molecule has 4 nitrogen and oxygen atoms in total. The zero-order valence-electron chi connectivity index (χ0n) is 5.57. The second-order valence-corrected chi connectivity index (χ2v) is 3.23. The fourth-order valence-corrected chi connectivity index (χ4v) is 1.94. The van der Waals surface area contributed by atoms with Crippen LogP contribution in [0.3, 0.4) is 0 Å². The molecule has 1 atom stereocenters. The molecule has 5 heteroatoms. The Kier molecular flexibility index (Phi) is 2.28. The number of carboxylic acid groups (broad SMARTS) is 1. The van der Waals surface area contributed by atoms with E-state index < -0.39 is 17.7 Å². The lowest BCUT2D eigenvalue weighted by molar-refractivity contribution is -0.152. The number of rotatable bonds is 2. The maximum Gasteiger partial charge on any atom is 0.372 e. The van der Waals surface area contributed by atoms with Crippen molar-refractivity contribution >= 4 is 29.3 Å². The molecule has 1 fully saturated rings. The molecule has 1 aliphatic rings. The Hall–Kier alpha value is -0.840. The number of carboxylic acids is 1. The molecule has 0 radical (unpaired) electrons. The van der Waals surface area contributed by atoms with Crippen LogP contribution in [0.1, 0.15) is 0 Å². The fraction of sp³-hybridized carbons (Fsp3) is 0.500. The summed E-state index contributed by atoms with van der Waals surface area (Å²) >= 11 is 1.30. The minimum Gasteiger partial charge on any atom is -0.475 e. The second-order valence-electron chi connectivity index (χ2n) is 2.20. The third-order valence-electron chi connectivity index (χ3n) is 1.44. The maximum atomic E-state index is 10.8. The normalized spacial score (nSPS) is 23.6. The van der Waals surface area contributed by atoms with Gasteiger partial charge < -0.3 is 5.11 Å². The summed E-state index contributed by atoms with van der Waals surface area (Å²) in [5.74, 6) is -3.04. The van der Waals surface area contributed by atoms with Crippen LogP contribution < -0.4 is 0 Å². The summed E-state index contributed by atoms with van der Waals surface area (Å²) in [5, 5.41) is 8.25. The van der Waals surface area contributed by atoms with Crippen molar-refractivity contribution in [1.29, 1.82) is 0 Å². The zero-order valence-corrected chi connectivity index (χ0v) is 6.39. The summed E-state index contributed by atoms with van der Waals surface area (Å²) in [7, 11) is 0. The van der Waals surface area contributed by atoms with Crippen molar-refractivity contribution < 1.29 is 19.5 Å². The second kappa shape index (κ2) is 3.04. The van der Waals surface area contributed by atoms with Gasteiger partial charge in [0.15, 0.2) is 5.78 Å². The van der Waals surface area contributed by atoms with Gasteiger partial charge in [-0.2, -0.15) is 11.8 Å². The van der Waals surface area contributed by atoms with Crippen molar-refractivity contribution in [2.45, 2.75) is 0 Å². The van der Waals surface area contributed by atoms with Gasteiger partial charge in [-0.15, -0.1) is 0 Å². The number of carbonyl (C=O) groups is 3. The topological polar surface area (TPSA) is 71.4 Å². The van der Waals surface area contributed by atoms with Crippen molar-refractivity contribution in [2.24, 2.45) is 5.92 Å². The van der Waals surface area contributed by atoms with E-state index in [0.717, 1.165) is 0 Å². The number of aliphatic carboxylic acids is 1. The number of hydrogen-bond donors (Lipinski definition) is 1. The highest BCUT2D eigenvalue weighted by Crippen LogP contribution is 2.20. The van der Waals surface area contributed by atoms with Crippen LogP contribution in [-0.4, -0.2) is 34.1 Å². The molecule has 1 heterocycles. The SMILES string of the molecule is O=C(O)C(=O)C1CSCC1=O. The molecule has 1 N–H and O–H groups in total. The molecular weight excluding hydrogens is 168 g/mol. The first-order chi connectivity index (χ1) is 5.13. The Morgan fingerprint density at radius 2 is 2.18 bits per heavy atom. The first-order valence-electron chi connectivity index (χ1n) is 3.00. The van der Waals surface area contributed by atoms with Crippen molar-refractivity contribution in [1.82, 2.24) is 0 Å². The first kappa shape index (κ1) is 8.26. The van der Waals surface area contributed by atoms with Crippen LogP contribution in [0.15, 0.2) is 0 Å². The molecule has 1 rings (SSSR count). The van der Waals surface area contributed by atoms with E-state index >= 15 is 0 Å². The summed E-state index contributed by atoms with van der Waals surface area (Å²) in [6, 6.07) is 0. The van der Waals surface area contributed by atoms with E-state index in [0.29, 0.717) is 5.75 Å². The highest BCUT2D eigenvalue weighted by atomic mass is 32.2. The summed E-state index contributed by atoms with van der Waals surface area (Å²) in [6.07, 6.45) is 0. The summed E-state index contributed by atoms with van der Waals surface area (Å²) in [5.41, 5.74) is 0. The van der Waals surface area contributed by atoms with Crippen molar-refractivity contribution in [3.05, 3.63) is 0 Å². The van der Waals surface area contributed by atoms with Gasteiger partial charge in [0.1, 0.15) is 0 Å². The summed E-state index contributed by atoms with van der Waals surface area (Å²) < 4.78 is 0. The quantitative estimate of drug-likeness (QED) is 0.454. The fourth-order valence-electron chi connectivity index (χ4n) is 0.842. The van der Waals surface area contributed by atoms with Crippen LogP contribution in [-0.2, 0) is 14.4 Å². The Morgan fingerprint density at radius 1 is 1.55 bits per heavy atom. The van der Waals surface area contributed by atoms with Crippen LogP contribution in [0, 0.1) is 5.92 Å². The predicted octanol–water partition coefficient (Wildman–Crippen LogP) is -0.428. The zero-order chi connectivity index (χ0) is 8.43. The van der Waals surface area contributed by atoms with Gasteiger partial charge in [-0.1, -0.05) is 0 Å². The molecule has 0 saturated carbocycles. The number of ketones is 2. The van der Waals surface area contributed by atoms with E-state index in [1.165, 1.54) is 11.8 Å². The van der Waals surface area contributed by atoms with Crippen LogP contribution in [0.5, 0.6) is 0 Å². The highest BCUT2D eigenvalue weighted by molar-refractivity contribution is 8.00. The molecule has 0 bridgehead atoms. The first-order valence-corrected chi connectivity index (χ1v) is 4.16. The van der Waals surface area contributed by atoms with Gasteiger partial charge in [-0.25, -0.2) is 4.79 Å². The van der Waals surface area contributed by atoms with Gasteiger partial charge in [0.2, 0.25) is 0 Å². The van der Waals surface area contributed by atoms with Crippen molar-refractivity contribution in [3.63, 3.8) is 0 Å². The number of thioether (sulfide) groups is 1. The Labute approximate surface area is 67.0 Å². The van der Waals surface area contributed by atoms with Gasteiger partial charge in [0.25, 0.3) is 5.78 Å². The maximum absolute atomic E-state index is 10.8. The molecule has 1 saturated heterocycles. The summed E-state index contributed by atoms with van der Waals surface area (Å²) in [4.78, 5) is 31.7. The van der Waals surface area contributed by atoms with Crippen LogP contribution >= 0.6 is 11.8 Å². The Morgan fingerprint density at radius 3 is 2.55 bits per heavy atom. The minimum atomic E-state index is -1.51. The Bertz CT molecular complexity index is 223. The number of Topliss-reactive ketones (excluding diaryl/α,β-unsaturated/α-hetero) is 2. The van der Waals surface area contributed by atoms with Gasteiger partial charge in [0, 0.05) is 5.75 Å². The number of carbonyl (C=O) groups excluding carboxylic acids is 2. The molecule has 11 heavy (non-hydrogen) atoms. The Balaban J connectivity index is 2.67. The molecular formula is C6H6O4S. The van der Waals surface area contributed by atoms with Crippen LogP contribution in [0.25, 0.3) is 0 Å². The van der Waals surface area contributed by atoms with Crippen LogP contribution in [0.2, 0.25) is 0 Å². The lowest BCUT2D eigenvalue weighted by atomic mass is 10.0. The lowest BCUT2D eigenvalue weighted by Gasteiger charge is -1.98. The lowest BCUT2D eigenvalue weighted by Crippen LogP contribution is -2.28. The van der Waals surface area contributed by atoms with Gasteiger partial charge in [0.05, 0.1) is 11.7 Å². The number of hydrogen-bond acceptors (Lipinski definition) is 4. The molecule has 0 aliphatic carbocycles. The molecule has 0 aromatic rings. The third kappa shape index (κ3) is 1.59. The van der Waals surface area contributed by atoms with E-state index in [-0.39, 0.29) is 11.5 Å². The molecule has 0 spiro atoms. The predicted molar refractivity (Wildman–Crippen MR) is 38.5 cm³/mol. The van der Waals surface area contributed by atoms with E-state index in [9.17, 15) is 14.4 Å². The largest absolute Gasteiger partial charge is 0.475 e. The van der Waals surface area contributed by atoms with E-state index in [1.807, 2.05) is 0 Å². The monoisotopic (exact) mass is 174 g/mol. The summed E-state index contributed by atoms with van der Waals surface area (Å²) in [6.45, 7) is 0. The van der Waals surface area contributed by atoms with Crippen molar-refractivity contribution in [3.8, 4) is 0 Å². The average Bonchev–Trinajstić information content (AvgIpc) is 2.33. The minimum absolute atomic E-state index is 0.262. The molecule has 1 unspecified atom stereocenters. The van der Waals surface area contributed by atoms with E-state index in [4.69, 9.17) is 5.11 Å². The molecule has 1 aliphatic heterocycles. The van der Waals surface area contributed by atoms with Gasteiger partial charge >= 0.3 is 5.97 Å². The highest BCUT2D eigenvalue weighted by Gasteiger charge is 2.35.